The highest BCUT2D eigenvalue weighted by Gasteiger charge is 2.52. The van der Waals surface area contributed by atoms with Crippen molar-refractivity contribution in [3.05, 3.63) is 41.2 Å². The number of benzene rings is 1. The average molecular weight is 592 g/mol. The third kappa shape index (κ3) is 6.59. The van der Waals surface area contributed by atoms with Gasteiger partial charge in [-0.25, -0.2) is 18.2 Å². The molecule has 1 fully saturated rings. The van der Waals surface area contributed by atoms with Gasteiger partial charge in [-0.1, -0.05) is 22.9 Å². The number of aromatic nitrogens is 2. The molecule has 3 heterocycles. The summed E-state index contributed by atoms with van der Waals surface area (Å²) < 4.78 is 33.2. The van der Waals surface area contributed by atoms with Crippen LogP contribution in [0.15, 0.2) is 34.6 Å². The van der Waals surface area contributed by atoms with E-state index in [0.717, 1.165) is 5.56 Å². The van der Waals surface area contributed by atoms with Crippen LogP contribution in [0.2, 0.25) is 0 Å². The van der Waals surface area contributed by atoms with Crippen molar-refractivity contribution in [3.8, 4) is 0 Å². The Hall–Kier alpha value is -4.18. The van der Waals surface area contributed by atoms with Gasteiger partial charge >= 0.3 is 12.1 Å². The van der Waals surface area contributed by atoms with Crippen LogP contribution in [0.5, 0.6) is 0 Å². The number of oxime groups is 1. The number of nitrogens with zero attached hydrogens (tertiary/aromatic N) is 3. The highest BCUT2D eigenvalue weighted by Crippen LogP contribution is 2.38. The molecule has 0 radical (unpaired) electrons. The van der Waals surface area contributed by atoms with Crippen molar-refractivity contribution in [1.82, 2.24) is 24.9 Å². The number of methoxy groups -OCH3 is 1. The summed E-state index contributed by atoms with van der Waals surface area (Å²) in [6, 6.07) is 1.38. The van der Waals surface area contributed by atoms with Gasteiger partial charge < -0.3 is 30.3 Å². The van der Waals surface area contributed by atoms with Gasteiger partial charge in [-0.3, -0.25) is 14.5 Å². The number of carbonyl (C=O) groups excluding carboxylic acids is 2. The van der Waals surface area contributed by atoms with Crippen molar-refractivity contribution >= 4 is 39.7 Å². The van der Waals surface area contributed by atoms with Crippen molar-refractivity contribution in [3.63, 3.8) is 0 Å². The molecular formula is C25H33N7O8S. The van der Waals surface area contributed by atoms with Crippen molar-refractivity contribution < 1.29 is 37.5 Å². The number of likely N-dealkylation sites (tertiary alicyclic amines) is 1. The number of imidazole rings is 1. The number of aliphatic carboxylic acids is 1. The summed E-state index contributed by atoms with van der Waals surface area (Å²) in [7, 11) is -2.94. The second-order valence-electron chi connectivity index (χ2n) is 10.2. The van der Waals surface area contributed by atoms with Crippen LogP contribution in [0.4, 0.5) is 10.7 Å². The fourth-order valence-electron chi connectivity index (χ4n) is 5.28. The number of ether oxygens (including phenoxy) is 1. The van der Waals surface area contributed by atoms with Crippen LogP contribution in [0, 0.1) is 20.8 Å². The number of aryl methyl sites for hydroxylation is 3. The van der Waals surface area contributed by atoms with Crippen LogP contribution < -0.4 is 15.4 Å². The minimum Gasteiger partial charge on any atom is -0.480 e. The zero-order valence-electron chi connectivity index (χ0n) is 23.1. The van der Waals surface area contributed by atoms with Gasteiger partial charge in [0.05, 0.1) is 24.6 Å². The van der Waals surface area contributed by atoms with Gasteiger partial charge in [0.1, 0.15) is 11.8 Å². The molecule has 41 heavy (non-hydrogen) atoms. The first kappa shape index (κ1) is 29.8. The Morgan fingerprint density at radius 2 is 1.98 bits per heavy atom. The lowest BCUT2D eigenvalue weighted by molar-refractivity contribution is -0.138. The molecule has 1 aromatic heterocycles. The summed E-state index contributed by atoms with van der Waals surface area (Å²) in [6.45, 7) is 4.99. The number of H-pyrrole nitrogens is 1. The van der Waals surface area contributed by atoms with E-state index in [-0.39, 0.29) is 29.6 Å². The number of rotatable bonds is 10. The van der Waals surface area contributed by atoms with Gasteiger partial charge in [0, 0.05) is 38.3 Å². The number of amides is 2. The Morgan fingerprint density at radius 1 is 1.27 bits per heavy atom. The van der Waals surface area contributed by atoms with E-state index in [0.29, 0.717) is 30.0 Å². The molecule has 2 aromatic rings. The number of sulfonamides is 1. The maximum atomic E-state index is 13.1. The number of hydrogen-bond donors (Lipinski definition) is 5. The van der Waals surface area contributed by atoms with E-state index in [9.17, 15) is 27.9 Å². The second kappa shape index (κ2) is 11.7. The summed E-state index contributed by atoms with van der Waals surface area (Å²) in [5.74, 6) is -1.65. The third-order valence-electron chi connectivity index (χ3n) is 6.96. The molecule has 3 atom stereocenters. The highest BCUT2D eigenvalue weighted by atomic mass is 32.2. The quantitative estimate of drug-likeness (QED) is 0.261. The van der Waals surface area contributed by atoms with E-state index < -0.39 is 46.2 Å². The maximum absolute atomic E-state index is 13.1. The molecule has 1 spiro atoms. The van der Waals surface area contributed by atoms with Gasteiger partial charge in [0.25, 0.3) is 5.91 Å². The van der Waals surface area contributed by atoms with E-state index in [1.54, 1.807) is 38.4 Å². The molecule has 4 rings (SSSR count). The Morgan fingerprint density at radius 3 is 2.59 bits per heavy atom. The Labute approximate surface area is 236 Å². The smallest absolute Gasteiger partial charge is 0.409 e. The van der Waals surface area contributed by atoms with E-state index in [1.807, 2.05) is 6.92 Å². The molecule has 5 N–H and O–H groups in total. The van der Waals surface area contributed by atoms with Crippen molar-refractivity contribution in [2.45, 2.75) is 56.2 Å². The molecule has 2 aliphatic rings. The van der Waals surface area contributed by atoms with Crippen LogP contribution >= 0.6 is 0 Å². The van der Waals surface area contributed by atoms with Crippen LogP contribution in [0.25, 0.3) is 0 Å². The highest BCUT2D eigenvalue weighted by molar-refractivity contribution is 7.89. The molecule has 222 valence electrons. The van der Waals surface area contributed by atoms with E-state index in [2.05, 4.69) is 30.5 Å². The van der Waals surface area contributed by atoms with Gasteiger partial charge in [-0.15, -0.1) is 0 Å². The minimum absolute atomic E-state index is 0.00770. The molecule has 1 aromatic carbocycles. The number of carboxylic acid groups (broad SMARTS) is 1. The summed E-state index contributed by atoms with van der Waals surface area (Å²) in [4.78, 5) is 51.4. The second-order valence-corrected chi connectivity index (χ2v) is 11.9. The van der Waals surface area contributed by atoms with Crippen molar-refractivity contribution in [2.24, 2.45) is 5.16 Å². The minimum atomic E-state index is -4.21. The zero-order valence-corrected chi connectivity index (χ0v) is 23.9. The third-order valence-corrected chi connectivity index (χ3v) is 8.73. The Balaban J connectivity index is 1.38. The fraction of sp³-hybridized carbons (Fsp3) is 0.480. The van der Waals surface area contributed by atoms with Gasteiger partial charge in [0.2, 0.25) is 10.0 Å². The first-order valence-electron chi connectivity index (χ1n) is 12.8. The number of anilines is 1. The normalized spacial score (nSPS) is 20.8. The zero-order chi connectivity index (χ0) is 29.9. The van der Waals surface area contributed by atoms with Crippen molar-refractivity contribution in [2.75, 3.05) is 32.1 Å². The van der Waals surface area contributed by atoms with E-state index >= 15 is 0 Å². The molecular weight excluding hydrogens is 558 g/mol. The van der Waals surface area contributed by atoms with Crippen LogP contribution in [-0.4, -0.2) is 96.5 Å². The Bertz CT molecular complexity index is 1440. The predicted octanol–water partition coefficient (Wildman–Crippen LogP) is 0.651. The molecule has 0 bridgehead atoms. The van der Waals surface area contributed by atoms with Gasteiger partial charge in [-0.05, 0) is 31.9 Å². The van der Waals surface area contributed by atoms with E-state index in [1.165, 1.54) is 12.0 Å². The summed E-state index contributed by atoms with van der Waals surface area (Å²) in [6.07, 6.45) is 3.06. The first-order chi connectivity index (χ1) is 19.3. The molecule has 16 heteroatoms. The Kier molecular flexibility index (Phi) is 8.53. The van der Waals surface area contributed by atoms with Gasteiger partial charge in [0.15, 0.2) is 11.5 Å². The van der Waals surface area contributed by atoms with Crippen LogP contribution in [0.1, 0.15) is 29.5 Å². The van der Waals surface area contributed by atoms with Crippen LogP contribution in [0.3, 0.4) is 0 Å². The monoisotopic (exact) mass is 591 g/mol. The summed E-state index contributed by atoms with van der Waals surface area (Å²) in [5.41, 5.74) is 0.828. The van der Waals surface area contributed by atoms with Gasteiger partial charge in [-0.2, -0.15) is 4.72 Å². The summed E-state index contributed by atoms with van der Waals surface area (Å²) >= 11 is 0. The standard InChI is InChI=1S/C25H33N7O8S/c1-14-7-15(2)20(16(3)8-14)41(37,38)31-19(22(34)35)12-28-21(33)18-10-25(40-30-18)9-17(32(13-25)24(36)39-4)11-29-23-26-5-6-27-23/h5-8,17,19,31H,9-13H2,1-4H3,(H,28,33)(H,34,35)(H2,26,27,29)/t17-,19-,25-/m0/s1. The van der Waals surface area contributed by atoms with Crippen molar-refractivity contribution in [1.29, 1.82) is 0 Å². The lowest BCUT2D eigenvalue weighted by atomic mass is 9.94. The molecule has 0 saturated carbocycles. The lowest BCUT2D eigenvalue weighted by Gasteiger charge is -2.23. The number of carboxylic acids is 1. The SMILES string of the molecule is COC(=O)N1C[C@@]2(CC(C(=O)NC[C@H](NS(=O)(=O)c3c(C)cc(C)cc3C)C(=O)O)=NO2)C[C@H]1CNc1ncc[nH]1. The fourth-order valence-corrected chi connectivity index (χ4v) is 6.93. The molecule has 2 amide bonds. The largest absolute Gasteiger partial charge is 0.480 e. The topological polar surface area (TPSA) is 204 Å². The predicted molar refractivity (Wildman–Crippen MR) is 146 cm³/mol. The molecule has 1 saturated heterocycles. The maximum Gasteiger partial charge on any atom is 0.409 e. The average Bonchev–Trinajstić information content (AvgIpc) is 3.64. The molecule has 0 aliphatic carbocycles. The molecule has 2 aliphatic heterocycles. The lowest BCUT2D eigenvalue weighted by Crippen LogP contribution is -2.49. The first-order valence-corrected chi connectivity index (χ1v) is 14.3. The molecule has 15 nitrogen and oxygen atoms in total. The summed E-state index contributed by atoms with van der Waals surface area (Å²) in [5, 5.41) is 19.1. The molecule has 0 unspecified atom stereocenters. The van der Waals surface area contributed by atoms with Crippen LogP contribution in [-0.2, 0) is 29.2 Å². The number of carbonyl (C=O) groups is 3. The number of hydrogen-bond acceptors (Lipinski definition) is 10. The van der Waals surface area contributed by atoms with E-state index in [4.69, 9.17) is 9.57 Å². The number of nitrogens with one attached hydrogen (secondary N) is 4. The number of aromatic amines is 1.